The molecule has 0 fully saturated rings. The molecule has 0 unspecified atom stereocenters. The van der Waals surface area contributed by atoms with Crippen molar-refractivity contribution < 1.29 is 24.2 Å². The molecule has 0 aliphatic carbocycles. The number of anilines is 1. The second-order valence-corrected chi connectivity index (χ2v) is 8.49. The van der Waals surface area contributed by atoms with Crippen molar-refractivity contribution in [2.75, 3.05) is 18.0 Å². The van der Waals surface area contributed by atoms with Gasteiger partial charge in [-0.1, -0.05) is 38.8 Å². The predicted octanol–water partition coefficient (Wildman–Crippen LogP) is 5.48. The van der Waals surface area contributed by atoms with Gasteiger partial charge in [0.2, 0.25) is 0 Å². The smallest absolute Gasteiger partial charge is 0.411 e. The first-order chi connectivity index (χ1) is 14.1. The quantitative estimate of drug-likeness (QED) is 0.462. The van der Waals surface area contributed by atoms with E-state index in [-0.39, 0.29) is 24.7 Å². The molecule has 0 bridgehead atoms. The Morgan fingerprint density at radius 3 is 2.30 bits per heavy atom. The molecule has 0 saturated heterocycles. The molecule has 0 aliphatic heterocycles. The molecule has 1 rings (SSSR count). The van der Waals surface area contributed by atoms with Crippen LogP contribution in [0.4, 0.5) is 15.3 Å². The molecule has 0 aromatic heterocycles. The van der Waals surface area contributed by atoms with Crippen molar-refractivity contribution in [3.8, 4) is 0 Å². The van der Waals surface area contributed by atoms with Gasteiger partial charge in [0.15, 0.2) is 5.78 Å². The fourth-order valence-electron chi connectivity index (χ4n) is 3.28. The molecule has 168 valence electrons. The highest BCUT2D eigenvalue weighted by Crippen LogP contribution is 2.22. The van der Waals surface area contributed by atoms with Crippen LogP contribution in [0, 0.1) is 5.92 Å². The Labute approximate surface area is 179 Å². The van der Waals surface area contributed by atoms with E-state index < -0.39 is 17.8 Å². The van der Waals surface area contributed by atoms with Crippen molar-refractivity contribution in [2.45, 2.75) is 72.3 Å². The van der Waals surface area contributed by atoms with Crippen LogP contribution in [0.3, 0.4) is 0 Å². The van der Waals surface area contributed by atoms with E-state index in [2.05, 4.69) is 19.2 Å². The monoisotopic (exact) mass is 420 g/mol. The number of hydrogen-bond donors (Lipinski definition) is 2. The average Bonchev–Trinajstić information content (AvgIpc) is 2.64. The lowest BCUT2D eigenvalue weighted by atomic mass is 9.97. The molecular weight excluding hydrogens is 384 g/mol. The standard InChI is InChI=1S/C23H36N2O5/c1-6-9-17(10-7-2)16-25(22(28)29)19-12-8-11-18(15-19)20(26)13-14-24-21(27)30-23(3,4)5/h8,11-12,15,17H,6-7,9-10,13-14,16H2,1-5H3,(H,24,27)(H,28,29). The molecule has 0 spiro atoms. The Balaban J connectivity index is 2.79. The lowest BCUT2D eigenvalue weighted by Crippen LogP contribution is -2.34. The lowest BCUT2D eigenvalue weighted by Gasteiger charge is -2.25. The first-order valence-electron chi connectivity index (χ1n) is 10.7. The number of Topliss-reactive ketones (excluding diaryl/α,β-unsaturated/α-hetero) is 1. The van der Waals surface area contributed by atoms with Gasteiger partial charge in [0.25, 0.3) is 0 Å². The van der Waals surface area contributed by atoms with Crippen LogP contribution < -0.4 is 10.2 Å². The Morgan fingerprint density at radius 2 is 1.77 bits per heavy atom. The van der Waals surface area contributed by atoms with Crippen LogP contribution in [-0.4, -0.2) is 41.8 Å². The van der Waals surface area contributed by atoms with Crippen LogP contribution in [-0.2, 0) is 4.74 Å². The number of benzene rings is 1. The van der Waals surface area contributed by atoms with Crippen LogP contribution >= 0.6 is 0 Å². The highest BCUT2D eigenvalue weighted by Gasteiger charge is 2.21. The van der Waals surface area contributed by atoms with Crippen molar-refractivity contribution in [1.29, 1.82) is 0 Å². The molecule has 0 saturated carbocycles. The first-order valence-corrected chi connectivity index (χ1v) is 10.7. The number of alkyl carbamates (subject to hydrolysis) is 1. The van der Waals surface area contributed by atoms with E-state index in [9.17, 15) is 19.5 Å². The number of amides is 2. The van der Waals surface area contributed by atoms with E-state index in [1.807, 2.05) is 0 Å². The van der Waals surface area contributed by atoms with Crippen LogP contribution in [0.15, 0.2) is 24.3 Å². The van der Waals surface area contributed by atoms with Gasteiger partial charge in [-0.3, -0.25) is 9.69 Å². The fraction of sp³-hybridized carbons (Fsp3) is 0.609. The van der Waals surface area contributed by atoms with Gasteiger partial charge in [0.1, 0.15) is 5.60 Å². The van der Waals surface area contributed by atoms with Crippen LogP contribution in [0.2, 0.25) is 0 Å². The third-order valence-corrected chi connectivity index (χ3v) is 4.57. The number of carboxylic acid groups (broad SMARTS) is 1. The molecule has 2 amide bonds. The number of carbonyl (C=O) groups is 3. The molecule has 30 heavy (non-hydrogen) atoms. The van der Waals surface area contributed by atoms with Crippen molar-refractivity contribution in [3.63, 3.8) is 0 Å². The number of rotatable bonds is 11. The number of hydrogen-bond acceptors (Lipinski definition) is 4. The van der Waals surface area contributed by atoms with Gasteiger partial charge in [-0.2, -0.15) is 0 Å². The number of ether oxygens (including phenoxy) is 1. The summed E-state index contributed by atoms with van der Waals surface area (Å²) in [5.41, 5.74) is 0.314. The van der Waals surface area contributed by atoms with E-state index in [0.717, 1.165) is 25.7 Å². The first kappa shape index (κ1) is 25.5. The SMILES string of the molecule is CCCC(CCC)CN(C(=O)O)c1cccc(C(=O)CCNC(=O)OC(C)(C)C)c1. The average molecular weight is 421 g/mol. The molecular formula is C23H36N2O5. The minimum atomic E-state index is -1.02. The number of carbonyl (C=O) groups excluding carboxylic acids is 2. The van der Waals surface area contributed by atoms with Gasteiger partial charge in [0, 0.05) is 30.8 Å². The summed E-state index contributed by atoms with van der Waals surface area (Å²) in [7, 11) is 0. The molecule has 0 heterocycles. The summed E-state index contributed by atoms with van der Waals surface area (Å²) < 4.78 is 5.15. The zero-order chi connectivity index (χ0) is 22.7. The van der Waals surface area contributed by atoms with Gasteiger partial charge < -0.3 is 15.2 Å². The molecule has 2 N–H and O–H groups in total. The summed E-state index contributed by atoms with van der Waals surface area (Å²) in [4.78, 5) is 37.4. The Bertz CT molecular complexity index is 706. The number of nitrogens with one attached hydrogen (secondary N) is 1. The highest BCUT2D eigenvalue weighted by atomic mass is 16.6. The highest BCUT2D eigenvalue weighted by molar-refractivity contribution is 5.98. The van der Waals surface area contributed by atoms with E-state index in [1.165, 1.54) is 4.90 Å². The summed E-state index contributed by atoms with van der Waals surface area (Å²) >= 11 is 0. The second-order valence-electron chi connectivity index (χ2n) is 8.49. The second kappa shape index (κ2) is 12.2. The van der Waals surface area contributed by atoms with Crippen molar-refractivity contribution >= 4 is 23.7 Å². The summed E-state index contributed by atoms with van der Waals surface area (Å²) in [6.07, 6.45) is 2.44. The van der Waals surface area contributed by atoms with Crippen LogP contribution in [0.25, 0.3) is 0 Å². The van der Waals surface area contributed by atoms with Crippen LogP contribution in [0.1, 0.15) is 77.1 Å². The van der Waals surface area contributed by atoms with E-state index in [0.29, 0.717) is 17.8 Å². The maximum Gasteiger partial charge on any atom is 0.411 e. The molecule has 7 heteroatoms. The fourth-order valence-corrected chi connectivity index (χ4v) is 3.28. The van der Waals surface area contributed by atoms with Gasteiger partial charge in [-0.25, -0.2) is 9.59 Å². The summed E-state index contributed by atoms with van der Waals surface area (Å²) in [5, 5.41) is 12.3. The maximum absolute atomic E-state index is 12.5. The van der Waals surface area contributed by atoms with Crippen molar-refractivity contribution in [2.24, 2.45) is 5.92 Å². The molecule has 0 aliphatic rings. The van der Waals surface area contributed by atoms with E-state index in [1.54, 1.807) is 45.0 Å². The Hall–Kier alpha value is -2.57. The zero-order valence-corrected chi connectivity index (χ0v) is 18.9. The summed E-state index contributed by atoms with van der Waals surface area (Å²) in [6.45, 7) is 10.1. The zero-order valence-electron chi connectivity index (χ0n) is 18.9. The molecule has 0 atom stereocenters. The Morgan fingerprint density at radius 1 is 1.13 bits per heavy atom. The maximum atomic E-state index is 12.5. The minimum Gasteiger partial charge on any atom is -0.465 e. The minimum absolute atomic E-state index is 0.101. The molecule has 0 radical (unpaired) electrons. The van der Waals surface area contributed by atoms with Crippen molar-refractivity contribution in [3.05, 3.63) is 29.8 Å². The van der Waals surface area contributed by atoms with Gasteiger partial charge >= 0.3 is 12.2 Å². The van der Waals surface area contributed by atoms with E-state index >= 15 is 0 Å². The Kier molecular flexibility index (Phi) is 10.4. The number of ketones is 1. The van der Waals surface area contributed by atoms with Gasteiger partial charge in [-0.05, 0) is 51.7 Å². The van der Waals surface area contributed by atoms with Crippen molar-refractivity contribution in [1.82, 2.24) is 5.32 Å². The predicted molar refractivity (Wildman–Crippen MR) is 118 cm³/mol. The summed E-state index contributed by atoms with van der Waals surface area (Å²) in [5.74, 6) is 0.116. The topological polar surface area (TPSA) is 95.9 Å². The third-order valence-electron chi connectivity index (χ3n) is 4.57. The lowest BCUT2D eigenvalue weighted by molar-refractivity contribution is 0.0527. The molecule has 1 aromatic rings. The van der Waals surface area contributed by atoms with Gasteiger partial charge in [-0.15, -0.1) is 0 Å². The van der Waals surface area contributed by atoms with Gasteiger partial charge in [0.05, 0.1) is 0 Å². The molecule has 7 nitrogen and oxygen atoms in total. The number of nitrogens with zero attached hydrogens (tertiary/aromatic N) is 1. The van der Waals surface area contributed by atoms with E-state index in [4.69, 9.17) is 4.74 Å². The van der Waals surface area contributed by atoms with Crippen LogP contribution in [0.5, 0.6) is 0 Å². The summed E-state index contributed by atoms with van der Waals surface area (Å²) in [6, 6.07) is 6.67. The largest absolute Gasteiger partial charge is 0.465 e. The molecule has 1 aromatic carbocycles. The third kappa shape index (κ3) is 9.29. The normalized spacial score (nSPS) is 11.3.